The van der Waals surface area contributed by atoms with Crippen molar-refractivity contribution in [2.75, 3.05) is 6.54 Å². The number of rotatable bonds is 3. The Labute approximate surface area is 72.2 Å². The van der Waals surface area contributed by atoms with Gasteiger partial charge in [0.05, 0.1) is 6.54 Å². The molecule has 0 radical (unpaired) electrons. The van der Waals surface area contributed by atoms with Crippen molar-refractivity contribution in [3.8, 4) is 0 Å². The second-order valence-corrected chi connectivity index (χ2v) is 3.33. The second kappa shape index (κ2) is 3.91. The Morgan fingerprint density at radius 1 is 1.42 bits per heavy atom. The van der Waals surface area contributed by atoms with Crippen LogP contribution in [0.4, 0.5) is 13.2 Å². The van der Waals surface area contributed by atoms with E-state index in [0.29, 0.717) is 0 Å². The molecule has 68 valence electrons. The van der Waals surface area contributed by atoms with Crippen LogP contribution >= 0.6 is 11.3 Å². The van der Waals surface area contributed by atoms with Gasteiger partial charge in [-0.05, 0) is 11.4 Å². The van der Waals surface area contributed by atoms with E-state index in [4.69, 9.17) is 0 Å². The van der Waals surface area contributed by atoms with Gasteiger partial charge in [0.1, 0.15) is 0 Å². The second-order valence-electron chi connectivity index (χ2n) is 2.30. The smallest absolute Gasteiger partial charge is 0.304 e. The molecule has 0 aromatic carbocycles. The topological polar surface area (TPSA) is 12.0 Å². The summed E-state index contributed by atoms with van der Waals surface area (Å²) in [5, 5.41) is 4.15. The Bertz CT molecular complexity index is 217. The summed E-state index contributed by atoms with van der Waals surface area (Å²) in [6, 6.07) is 3.61. The predicted molar refractivity (Wildman–Crippen MR) is 42.1 cm³/mol. The van der Waals surface area contributed by atoms with E-state index in [9.17, 15) is 13.2 Å². The lowest BCUT2D eigenvalue weighted by Crippen LogP contribution is -2.27. The molecule has 0 amide bonds. The average Bonchev–Trinajstić information content (AvgIpc) is 2.36. The summed E-state index contributed by atoms with van der Waals surface area (Å²) in [5.74, 6) is 0. The maximum atomic E-state index is 11.6. The minimum atomic E-state index is -4.11. The highest BCUT2D eigenvalue weighted by molar-refractivity contribution is 7.09. The molecule has 0 saturated heterocycles. The fraction of sp³-hybridized carbons (Fsp3) is 0.429. The SMILES string of the molecule is FC(F)(F)CNCc1cccs1. The van der Waals surface area contributed by atoms with Crippen molar-refractivity contribution in [2.24, 2.45) is 0 Å². The van der Waals surface area contributed by atoms with E-state index in [-0.39, 0.29) is 6.54 Å². The molecular weight excluding hydrogens is 187 g/mol. The summed E-state index contributed by atoms with van der Waals surface area (Å²) < 4.78 is 34.9. The quantitative estimate of drug-likeness (QED) is 0.780. The van der Waals surface area contributed by atoms with E-state index in [2.05, 4.69) is 5.32 Å². The van der Waals surface area contributed by atoms with Gasteiger partial charge in [-0.15, -0.1) is 11.3 Å². The molecular formula is C7H8F3NS. The Morgan fingerprint density at radius 2 is 2.17 bits per heavy atom. The van der Waals surface area contributed by atoms with Crippen LogP contribution in [0.3, 0.4) is 0 Å². The first-order chi connectivity index (χ1) is 5.58. The van der Waals surface area contributed by atoms with Gasteiger partial charge in [-0.25, -0.2) is 0 Å². The van der Waals surface area contributed by atoms with E-state index in [1.165, 1.54) is 11.3 Å². The minimum absolute atomic E-state index is 0.289. The third-order valence-electron chi connectivity index (χ3n) is 1.20. The summed E-state index contributed by atoms with van der Waals surface area (Å²) in [6.07, 6.45) is -4.11. The molecule has 1 rings (SSSR count). The Morgan fingerprint density at radius 3 is 2.67 bits per heavy atom. The largest absolute Gasteiger partial charge is 0.401 e. The molecule has 0 saturated carbocycles. The Kier molecular flexibility index (Phi) is 3.11. The monoisotopic (exact) mass is 195 g/mol. The van der Waals surface area contributed by atoms with Crippen LogP contribution in [0.25, 0.3) is 0 Å². The van der Waals surface area contributed by atoms with Crippen LogP contribution < -0.4 is 5.32 Å². The molecule has 0 aliphatic rings. The summed E-state index contributed by atoms with van der Waals surface area (Å²) in [7, 11) is 0. The van der Waals surface area contributed by atoms with E-state index in [1.54, 1.807) is 6.07 Å². The highest BCUT2D eigenvalue weighted by atomic mass is 32.1. The van der Waals surface area contributed by atoms with Crippen molar-refractivity contribution in [3.05, 3.63) is 22.4 Å². The van der Waals surface area contributed by atoms with E-state index >= 15 is 0 Å². The van der Waals surface area contributed by atoms with E-state index < -0.39 is 12.7 Å². The molecule has 1 heterocycles. The van der Waals surface area contributed by atoms with Gasteiger partial charge in [0.25, 0.3) is 0 Å². The van der Waals surface area contributed by atoms with Crippen LogP contribution in [0.15, 0.2) is 17.5 Å². The summed E-state index contributed by atoms with van der Waals surface area (Å²) in [6.45, 7) is -0.637. The summed E-state index contributed by atoms with van der Waals surface area (Å²) in [5.41, 5.74) is 0. The average molecular weight is 195 g/mol. The van der Waals surface area contributed by atoms with Crippen LogP contribution in [0.1, 0.15) is 4.88 Å². The lowest BCUT2D eigenvalue weighted by molar-refractivity contribution is -0.125. The normalized spacial score (nSPS) is 11.9. The van der Waals surface area contributed by atoms with Crippen LogP contribution in [-0.4, -0.2) is 12.7 Å². The van der Waals surface area contributed by atoms with Gasteiger partial charge in [-0.2, -0.15) is 13.2 Å². The lowest BCUT2D eigenvalue weighted by Gasteiger charge is -2.06. The molecule has 0 bridgehead atoms. The third kappa shape index (κ3) is 3.73. The number of alkyl halides is 3. The molecule has 0 unspecified atom stereocenters. The third-order valence-corrected chi connectivity index (χ3v) is 2.08. The van der Waals surface area contributed by atoms with Crippen molar-refractivity contribution < 1.29 is 13.2 Å². The van der Waals surface area contributed by atoms with Crippen LogP contribution in [0, 0.1) is 0 Å². The van der Waals surface area contributed by atoms with Gasteiger partial charge in [-0.3, -0.25) is 0 Å². The number of halogens is 3. The van der Waals surface area contributed by atoms with Gasteiger partial charge in [-0.1, -0.05) is 6.07 Å². The van der Waals surface area contributed by atoms with Crippen molar-refractivity contribution in [1.82, 2.24) is 5.32 Å². The van der Waals surface area contributed by atoms with Crippen molar-refractivity contribution >= 4 is 11.3 Å². The first kappa shape index (κ1) is 9.54. The van der Waals surface area contributed by atoms with Crippen LogP contribution in [-0.2, 0) is 6.54 Å². The fourth-order valence-corrected chi connectivity index (χ4v) is 1.42. The molecule has 0 spiro atoms. The zero-order chi connectivity index (χ0) is 9.03. The summed E-state index contributed by atoms with van der Waals surface area (Å²) in [4.78, 5) is 0.916. The van der Waals surface area contributed by atoms with Crippen LogP contribution in [0.5, 0.6) is 0 Å². The van der Waals surface area contributed by atoms with Crippen LogP contribution in [0.2, 0.25) is 0 Å². The Balaban J connectivity index is 2.20. The molecule has 1 aromatic rings. The molecule has 12 heavy (non-hydrogen) atoms. The number of nitrogens with one attached hydrogen (secondary N) is 1. The number of thiophene rings is 1. The molecule has 0 aliphatic carbocycles. The highest BCUT2D eigenvalue weighted by Crippen LogP contribution is 2.13. The molecule has 1 N–H and O–H groups in total. The van der Waals surface area contributed by atoms with Gasteiger partial charge in [0.2, 0.25) is 0 Å². The standard InChI is InChI=1S/C7H8F3NS/c8-7(9,10)5-11-4-6-2-1-3-12-6/h1-3,11H,4-5H2. The van der Waals surface area contributed by atoms with Crippen molar-refractivity contribution in [3.63, 3.8) is 0 Å². The van der Waals surface area contributed by atoms with Gasteiger partial charge < -0.3 is 5.32 Å². The fourth-order valence-electron chi connectivity index (χ4n) is 0.741. The number of hydrogen-bond acceptors (Lipinski definition) is 2. The van der Waals surface area contributed by atoms with Crippen molar-refractivity contribution in [2.45, 2.75) is 12.7 Å². The maximum absolute atomic E-state index is 11.6. The highest BCUT2D eigenvalue weighted by Gasteiger charge is 2.25. The zero-order valence-corrected chi connectivity index (χ0v) is 7.00. The lowest BCUT2D eigenvalue weighted by atomic mass is 10.4. The maximum Gasteiger partial charge on any atom is 0.401 e. The van der Waals surface area contributed by atoms with E-state index in [0.717, 1.165) is 4.88 Å². The molecule has 0 fully saturated rings. The first-order valence-electron chi connectivity index (χ1n) is 3.38. The molecule has 0 aliphatic heterocycles. The van der Waals surface area contributed by atoms with Gasteiger partial charge in [0.15, 0.2) is 0 Å². The van der Waals surface area contributed by atoms with E-state index in [1.807, 2.05) is 11.4 Å². The Hall–Kier alpha value is -0.550. The first-order valence-corrected chi connectivity index (χ1v) is 4.26. The molecule has 5 heteroatoms. The van der Waals surface area contributed by atoms with Gasteiger partial charge >= 0.3 is 6.18 Å². The van der Waals surface area contributed by atoms with Gasteiger partial charge in [0, 0.05) is 11.4 Å². The number of hydrogen-bond donors (Lipinski definition) is 1. The predicted octanol–water partition coefficient (Wildman–Crippen LogP) is 2.40. The molecule has 1 nitrogen and oxygen atoms in total. The summed E-state index contributed by atoms with van der Waals surface area (Å²) >= 11 is 1.44. The zero-order valence-electron chi connectivity index (χ0n) is 6.19. The van der Waals surface area contributed by atoms with Crippen molar-refractivity contribution in [1.29, 1.82) is 0 Å². The minimum Gasteiger partial charge on any atom is -0.304 e. The molecule has 1 aromatic heterocycles. The molecule has 0 atom stereocenters.